The zero-order chi connectivity index (χ0) is 15.6. The fourth-order valence-corrected chi connectivity index (χ4v) is 3.36. The molecule has 1 N–H and O–H groups in total. The minimum absolute atomic E-state index is 0.0917. The summed E-state index contributed by atoms with van der Waals surface area (Å²) in [6.45, 7) is 8.45. The number of nitrogens with zero attached hydrogens (tertiary/aromatic N) is 1. The largest absolute Gasteiger partial charge is 0.321 e. The molecule has 0 bridgehead atoms. The number of rotatable bonds is 5. The van der Waals surface area contributed by atoms with Gasteiger partial charge in [0.1, 0.15) is 6.17 Å². The van der Waals surface area contributed by atoms with Crippen LogP contribution in [-0.4, -0.2) is 39.1 Å². The Labute approximate surface area is 129 Å². The van der Waals surface area contributed by atoms with Gasteiger partial charge in [-0.25, -0.2) is 0 Å². The zero-order valence-electron chi connectivity index (χ0n) is 13.2. The molecule has 5 heteroatoms. The van der Waals surface area contributed by atoms with E-state index in [2.05, 4.69) is 37.4 Å². The predicted octanol–water partition coefficient (Wildman–Crippen LogP) is 1.89. The molecule has 1 aromatic carbocycles. The maximum absolute atomic E-state index is 12.4. The molecule has 0 saturated carbocycles. The molecule has 1 aromatic rings. The lowest BCUT2D eigenvalue weighted by Crippen LogP contribution is -2.34. The summed E-state index contributed by atoms with van der Waals surface area (Å²) >= 11 is 0. The zero-order valence-corrected chi connectivity index (χ0v) is 14.0. The van der Waals surface area contributed by atoms with Crippen molar-refractivity contribution in [1.82, 2.24) is 10.2 Å². The van der Waals surface area contributed by atoms with Gasteiger partial charge in [0.2, 0.25) is 5.91 Å². The number of amides is 1. The maximum atomic E-state index is 12.4. The number of carbonyl (C=O) groups is 1. The van der Waals surface area contributed by atoms with Crippen LogP contribution in [0.1, 0.15) is 36.7 Å². The molecule has 1 aliphatic rings. The number of hydrogen-bond donors (Lipinski definition) is 1. The molecular weight excluding hydrogens is 284 g/mol. The molecular formula is C16H24N2O2S. The first-order chi connectivity index (χ1) is 9.93. The van der Waals surface area contributed by atoms with Crippen molar-refractivity contribution in [3.63, 3.8) is 0 Å². The highest BCUT2D eigenvalue weighted by atomic mass is 32.2. The van der Waals surface area contributed by atoms with E-state index in [4.69, 9.17) is 0 Å². The Morgan fingerprint density at radius 3 is 2.71 bits per heavy atom. The average molecular weight is 308 g/mol. The quantitative estimate of drug-likeness (QED) is 0.904. The van der Waals surface area contributed by atoms with Crippen LogP contribution in [0.5, 0.6) is 0 Å². The normalized spacial score (nSPS) is 23.6. The summed E-state index contributed by atoms with van der Waals surface area (Å²) in [5.41, 5.74) is 3.48. The molecule has 4 nitrogen and oxygen atoms in total. The standard InChI is InChI=1S/C16H24N2O2S/c1-5-21(20)9-8-18-15(17-13(4)16(18)19)14-10-11(2)6-7-12(14)3/h6-7,10,13,15,17H,5,8-9H2,1-4H3. The molecule has 1 heterocycles. The minimum Gasteiger partial charge on any atom is -0.321 e. The van der Waals surface area contributed by atoms with E-state index in [0.29, 0.717) is 18.1 Å². The van der Waals surface area contributed by atoms with Crippen molar-refractivity contribution in [1.29, 1.82) is 0 Å². The lowest BCUT2D eigenvalue weighted by Gasteiger charge is -2.26. The van der Waals surface area contributed by atoms with E-state index < -0.39 is 10.8 Å². The van der Waals surface area contributed by atoms with Crippen molar-refractivity contribution in [3.8, 4) is 0 Å². The third kappa shape index (κ3) is 3.52. The van der Waals surface area contributed by atoms with Gasteiger partial charge in [0.15, 0.2) is 0 Å². The Bertz CT molecular complexity index is 559. The Morgan fingerprint density at radius 2 is 2.05 bits per heavy atom. The van der Waals surface area contributed by atoms with Gasteiger partial charge in [-0.05, 0) is 31.9 Å². The first kappa shape index (κ1) is 16.2. The predicted molar refractivity (Wildman–Crippen MR) is 86.5 cm³/mol. The molecule has 0 spiro atoms. The number of hydrogen-bond acceptors (Lipinski definition) is 3. The Kier molecular flexibility index (Phi) is 5.17. The summed E-state index contributed by atoms with van der Waals surface area (Å²) in [7, 11) is -0.852. The van der Waals surface area contributed by atoms with E-state index in [1.54, 1.807) is 0 Å². The van der Waals surface area contributed by atoms with Crippen LogP contribution in [0.15, 0.2) is 18.2 Å². The molecule has 1 aliphatic heterocycles. The van der Waals surface area contributed by atoms with Crippen molar-refractivity contribution in [2.45, 2.75) is 39.9 Å². The summed E-state index contributed by atoms with van der Waals surface area (Å²) in [6, 6.07) is 6.10. The lowest BCUT2D eigenvalue weighted by molar-refractivity contribution is -0.129. The highest BCUT2D eigenvalue weighted by Crippen LogP contribution is 2.28. The number of carbonyl (C=O) groups excluding carboxylic acids is 1. The Morgan fingerprint density at radius 1 is 1.33 bits per heavy atom. The van der Waals surface area contributed by atoms with Crippen molar-refractivity contribution in [2.24, 2.45) is 0 Å². The molecule has 116 valence electrons. The van der Waals surface area contributed by atoms with Crippen LogP contribution >= 0.6 is 0 Å². The van der Waals surface area contributed by atoms with Crippen molar-refractivity contribution < 1.29 is 9.00 Å². The second kappa shape index (κ2) is 6.71. The Hall–Kier alpha value is -1.20. The Balaban J connectivity index is 2.25. The molecule has 1 saturated heterocycles. The van der Waals surface area contributed by atoms with Crippen LogP contribution in [0, 0.1) is 13.8 Å². The van der Waals surface area contributed by atoms with E-state index >= 15 is 0 Å². The molecule has 3 atom stereocenters. The van der Waals surface area contributed by atoms with E-state index in [1.807, 2.05) is 18.7 Å². The van der Waals surface area contributed by atoms with Gasteiger partial charge in [-0.2, -0.15) is 0 Å². The highest BCUT2D eigenvalue weighted by molar-refractivity contribution is 7.84. The van der Waals surface area contributed by atoms with Gasteiger partial charge >= 0.3 is 0 Å². The third-order valence-electron chi connectivity index (χ3n) is 3.98. The van der Waals surface area contributed by atoms with E-state index in [9.17, 15) is 9.00 Å². The number of aryl methyl sites for hydroxylation is 2. The van der Waals surface area contributed by atoms with Crippen LogP contribution < -0.4 is 5.32 Å². The second-order valence-electron chi connectivity index (χ2n) is 5.62. The number of benzene rings is 1. The van der Waals surface area contributed by atoms with E-state index in [0.717, 1.165) is 5.56 Å². The lowest BCUT2D eigenvalue weighted by atomic mass is 10.0. The third-order valence-corrected chi connectivity index (χ3v) is 5.27. The summed E-state index contributed by atoms with van der Waals surface area (Å²) in [5, 5.41) is 3.36. The number of nitrogens with one attached hydrogen (secondary N) is 1. The van der Waals surface area contributed by atoms with E-state index in [1.165, 1.54) is 11.1 Å². The van der Waals surface area contributed by atoms with E-state index in [-0.39, 0.29) is 18.1 Å². The molecule has 0 aliphatic carbocycles. The fourth-order valence-electron chi connectivity index (χ4n) is 2.67. The highest BCUT2D eigenvalue weighted by Gasteiger charge is 2.37. The van der Waals surface area contributed by atoms with Crippen molar-refractivity contribution >= 4 is 16.7 Å². The monoisotopic (exact) mass is 308 g/mol. The molecule has 2 rings (SSSR count). The SMILES string of the molecule is CCS(=O)CCN1C(=O)C(C)NC1c1cc(C)ccc1C. The topological polar surface area (TPSA) is 49.4 Å². The summed E-state index contributed by atoms with van der Waals surface area (Å²) in [4.78, 5) is 14.2. The first-order valence-corrected chi connectivity index (χ1v) is 8.91. The van der Waals surface area contributed by atoms with Gasteiger partial charge in [-0.3, -0.25) is 14.3 Å². The molecule has 3 unspecified atom stereocenters. The van der Waals surface area contributed by atoms with Crippen LogP contribution in [-0.2, 0) is 15.6 Å². The molecule has 21 heavy (non-hydrogen) atoms. The van der Waals surface area contributed by atoms with Gasteiger partial charge in [-0.15, -0.1) is 0 Å². The molecule has 0 aromatic heterocycles. The van der Waals surface area contributed by atoms with Gasteiger partial charge in [0, 0.05) is 28.9 Å². The molecule has 1 fully saturated rings. The van der Waals surface area contributed by atoms with Gasteiger partial charge in [-0.1, -0.05) is 30.7 Å². The van der Waals surface area contributed by atoms with Gasteiger partial charge < -0.3 is 4.90 Å². The van der Waals surface area contributed by atoms with Crippen LogP contribution in [0.4, 0.5) is 0 Å². The van der Waals surface area contributed by atoms with Crippen molar-refractivity contribution in [2.75, 3.05) is 18.1 Å². The average Bonchev–Trinajstić information content (AvgIpc) is 2.74. The van der Waals surface area contributed by atoms with Gasteiger partial charge in [0.25, 0.3) is 0 Å². The summed E-state index contributed by atoms with van der Waals surface area (Å²) < 4.78 is 11.7. The fraction of sp³-hybridized carbons (Fsp3) is 0.562. The minimum atomic E-state index is -0.852. The van der Waals surface area contributed by atoms with Gasteiger partial charge in [0.05, 0.1) is 6.04 Å². The van der Waals surface area contributed by atoms with Crippen molar-refractivity contribution in [3.05, 3.63) is 34.9 Å². The maximum Gasteiger partial charge on any atom is 0.241 e. The summed E-state index contributed by atoms with van der Waals surface area (Å²) in [5.74, 6) is 1.27. The molecule has 1 amide bonds. The van der Waals surface area contributed by atoms with Crippen LogP contribution in [0.2, 0.25) is 0 Å². The van der Waals surface area contributed by atoms with Crippen LogP contribution in [0.25, 0.3) is 0 Å². The van der Waals surface area contributed by atoms with Crippen LogP contribution in [0.3, 0.4) is 0 Å². The smallest absolute Gasteiger partial charge is 0.241 e. The second-order valence-corrected chi connectivity index (χ2v) is 7.48. The first-order valence-electron chi connectivity index (χ1n) is 7.42. The summed E-state index contributed by atoms with van der Waals surface area (Å²) in [6.07, 6.45) is -0.110. The molecule has 0 radical (unpaired) electrons.